The Morgan fingerprint density at radius 3 is 2.90 bits per heavy atom. The van der Waals surface area contributed by atoms with Gasteiger partial charge in [0.05, 0.1) is 5.75 Å². The van der Waals surface area contributed by atoms with Crippen LogP contribution in [0.15, 0.2) is 0 Å². The van der Waals surface area contributed by atoms with E-state index in [0.717, 1.165) is 25.6 Å². The third-order valence-corrected chi connectivity index (χ3v) is 6.29. The van der Waals surface area contributed by atoms with Crippen LogP contribution in [-0.2, 0) is 4.79 Å². The van der Waals surface area contributed by atoms with Gasteiger partial charge in [0, 0.05) is 23.9 Å². The molecule has 114 valence electrons. The number of nitrogens with one attached hydrogen (secondary N) is 2. The number of carbonyl (C=O) groups is 1. The van der Waals surface area contributed by atoms with Gasteiger partial charge >= 0.3 is 0 Å². The van der Waals surface area contributed by atoms with Crippen molar-refractivity contribution in [2.75, 3.05) is 31.9 Å². The number of rotatable bonds is 4. The Kier molecular flexibility index (Phi) is 5.24. The second-order valence-corrected chi connectivity index (χ2v) is 7.67. The largest absolute Gasteiger partial charge is 0.353 e. The van der Waals surface area contributed by atoms with E-state index in [1.807, 2.05) is 11.8 Å². The fourth-order valence-electron chi connectivity index (χ4n) is 3.78. The molecule has 2 unspecified atom stereocenters. The van der Waals surface area contributed by atoms with Gasteiger partial charge in [0.2, 0.25) is 5.91 Å². The molecule has 0 radical (unpaired) electrons. The lowest BCUT2D eigenvalue weighted by Gasteiger charge is -2.35. The quantitative estimate of drug-likeness (QED) is 0.819. The van der Waals surface area contributed by atoms with Gasteiger partial charge in [-0.2, -0.15) is 0 Å². The van der Waals surface area contributed by atoms with Gasteiger partial charge in [-0.05, 0) is 58.2 Å². The number of carbonyl (C=O) groups excluding carboxylic acids is 1. The molecule has 3 aliphatic rings. The van der Waals surface area contributed by atoms with E-state index < -0.39 is 0 Å². The Labute approximate surface area is 126 Å². The molecule has 5 heteroatoms. The molecule has 3 aliphatic heterocycles. The van der Waals surface area contributed by atoms with Crippen LogP contribution >= 0.6 is 11.8 Å². The van der Waals surface area contributed by atoms with Crippen LogP contribution in [-0.4, -0.2) is 60.1 Å². The van der Waals surface area contributed by atoms with Crippen molar-refractivity contribution in [3.8, 4) is 0 Å². The van der Waals surface area contributed by atoms with E-state index in [9.17, 15) is 4.79 Å². The summed E-state index contributed by atoms with van der Waals surface area (Å²) in [5.41, 5.74) is 0. The first kappa shape index (κ1) is 14.7. The van der Waals surface area contributed by atoms with Crippen LogP contribution in [0.25, 0.3) is 0 Å². The molecule has 0 saturated carbocycles. The minimum atomic E-state index is 0.255. The predicted octanol–water partition coefficient (Wildman–Crippen LogP) is 1.21. The fraction of sp³-hybridized carbons (Fsp3) is 0.933. The summed E-state index contributed by atoms with van der Waals surface area (Å²) < 4.78 is 0. The summed E-state index contributed by atoms with van der Waals surface area (Å²) in [6.45, 7) is 4.67. The smallest absolute Gasteiger partial charge is 0.230 e. The summed E-state index contributed by atoms with van der Waals surface area (Å²) >= 11 is 1.85. The van der Waals surface area contributed by atoms with Crippen LogP contribution in [0.5, 0.6) is 0 Å². The normalized spacial score (nSPS) is 32.0. The van der Waals surface area contributed by atoms with E-state index in [1.54, 1.807) is 0 Å². The van der Waals surface area contributed by atoms with E-state index in [1.165, 1.54) is 45.2 Å². The van der Waals surface area contributed by atoms with Crippen LogP contribution in [0.1, 0.15) is 38.5 Å². The number of thioether (sulfide) groups is 1. The summed E-state index contributed by atoms with van der Waals surface area (Å²) in [6.07, 6.45) is 7.40. The number of piperidine rings is 2. The number of fused-ring (bicyclic) bond motifs is 1. The van der Waals surface area contributed by atoms with Gasteiger partial charge in [-0.15, -0.1) is 11.8 Å². The molecule has 4 nitrogen and oxygen atoms in total. The molecule has 20 heavy (non-hydrogen) atoms. The van der Waals surface area contributed by atoms with E-state index in [4.69, 9.17) is 0 Å². The molecule has 2 atom stereocenters. The van der Waals surface area contributed by atoms with Crippen molar-refractivity contribution >= 4 is 17.7 Å². The summed E-state index contributed by atoms with van der Waals surface area (Å²) in [5.74, 6) is 0.903. The molecular formula is C15H27N3OS. The summed E-state index contributed by atoms with van der Waals surface area (Å²) in [7, 11) is 0. The third-order valence-electron chi connectivity index (χ3n) is 4.92. The van der Waals surface area contributed by atoms with Gasteiger partial charge in [-0.25, -0.2) is 0 Å². The molecule has 0 aromatic heterocycles. The van der Waals surface area contributed by atoms with Gasteiger partial charge in [0.1, 0.15) is 0 Å². The molecule has 2 N–H and O–H groups in total. The van der Waals surface area contributed by atoms with Crippen LogP contribution in [0.2, 0.25) is 0 Å². The minimum Gasteiger partial charge on any atom is -0.353 e. The summed E-state index contributed by atoms with van der Waals surface area (Å²) in [4.78, 5) is 14.7. The molecule has 0 aliphatic carbocycles. The molecule has 0 aromatic rings. The van der Waals surface area contributed by atoms with E-state index in [2.05, 4.69) is 15.5 Å². The van der Waals surface area contributed by atoms with Crippen molar-refractivity contribution in [1.29, 1.82) is 0 Å². The van der Waals surface area contributed by atoms with Crippen molar-refractivity contribution in [3.63, 3.8) is 0 Å². The van der Waals surface area contributed by atoms with Crippen molar-refractivity contribution < 1.29 is 4.79 Å². The standard InChI is InChI=1S/C15H27N3OS/c19-15(11-20-14-3-6-16-7-4-14)17-12-5-9-18-8-1-2-13(18)10-12/h12-14,16H,1-11H2,(H,17,19). The summed E-state index contributed by atoms with van der Waals surface area (Å²) in [5, 5.41) is 7.32. The Balaban J connectivity index is 1.36. The zero-order valence-corrected chi connectivity index (χ0v) is 13.1. The second kappa shape index (κ2) is 7.14. The number of hydrogen-bond donors (Lipinski definition) is 2. The lowest BCUT2D eigenvalue weighted by Crippen LogP contribution is -2.47. The Hall–Kier alpha value is -0.260. The molecule has 0 aromatic carbocycles. The Morgan fingerprint density at radius 2 is 2.05 bits per heavy atom. The molecule has 1 amide bonds. The van der Waals surface area contributed by atoms with Crippen molar-refractivity contribution in [1.82, 2.24) is 15.5 Å². The highest BCUT2D eigenvalue weighted by Crippen LogP contribution is 2.27. The van der Waals surface area contributed by atoms with Gasteiger partial charge in [-0.3, -0.25) is 4.79 Å². The highest BCUT2D eigenvalue weighted by atomic mass is 32.2. The van der Waals surface area contributed by atoms with Crippen LogP contribution < -0.4 is 10.6 Å². The highest BCUT2D eigenvalue weighted by Gasteiger charge is 2.32. The zero-order chi connectivity index (χ0) is 13.8. The Morgan fingerprint density at radius 1 is 1.20 bits per heavy atom. The SMILES string of the molecule is O=C(CSC1CCNCC1)NC1CCN2CCCC2C1. The molecule has 0 spiro atoms. The topological polar surface area (TPSA) is 44.4 Å². The number of hydrogen-bond acceptors (Lipinski definition) is 4. The highest BCUT2D eigenvalue weighted by molar-refractivity contribution is 8.00. The van der Waals surface area contributed by atoms with Crippen LogP contribution in [0, 0.1) is 0 Å². The molecule has 3 rings (SSSR count). The average Bonchev–Trinajstić information content (AvgIpc) is 2.94. The first-order chi connectivity index (χ1) is 9.81. The van der Waals surface area contributed by atoms with E-state index >= 15 is 0 Å². The number of amides is 1. The van der Waals surface area contributed by atoms with Crippen molar-refractivity contribution in [3.05, 3.63) is 0 Å². The lowest BCUT2D eigenvalue weighted by atomic mass is 9.98. The maximum Gasteiger partial charge on any atom is 0.230 e. The van der Waals surface area contributed by atoms with Gasteiger partial charge < -0.3 is 15.5 Å². The average molecular weight is 297 g/mol. The van der Waals surface area contributed by atoms with Gasteiger partial charge in [0.25, 0.3) is 0 Å². The van der Waals surface area contributed by atoms with Gasteiger partial charge in [-0.1, -0.05) is 0 Å². The molecule has 3 fully saturated rings. The van der Waals surface area contributed by atoms with Crippen molar-refractivity contribution in [2.24, 2.45) is 0 Å². The third kappa shape index (κ3) is 3.89. The second-order valence-electron chi connectivity index (χ2n) is 6.38. The zero-order valence-electron chi connectivity index (χ0n) is 12.3. The van der Waals surface area contributed by atoms with E-state index in [0.29, 0.717) is 17.0 Å². The Bertz CT molecular complexity index is 333. The maximum atomic E-state index is 12.1. The first-order valence-electron chi connectivity index (χ1n) is 8.17. The monoisotopic (exact) mass is 297 g/mol. The van der Waals surface area contributed by atoms with Crippen LogP contribution in [0.4, 0.5) is 0 Å². The molecule has 3 saturated heterocycles. The van der Waals surface area contributed by atoms with E-state index in [-0.39, 0.29) is 5.91 Å². The maximum absolute atomic E-state index is 12.1. The molecule has 0 bridgehead atoms. The van der Waals surface area contributed by atoms with Crippen molar-refractivity contribution in [2.45, 2.75) is 55.9 Å². The first-order valence-corrected chi connectivity index (χ1v) is 9.22. The lowest BCUT2D eigenvalue weighted by molar-refractivity contribution is -0.119. The van der Waals surface area contributed by atoms with Crippen LogP contribution in [0.3, 0.4) is 0 Å². The molecule has 3 heterocycles. The summed E-state index contributed by atoms with van der Waals surface area (Å²) in [6, 6.07) is 1.17. The fourth-order valence-corrected chi connectivity index (χ4v) is 4.82. The number of nitrogens with zero attached hydrogens (tertiary/aromatic N) is 1. The predicted molar refractivity (Wildman–Crippen MR) is 84.1 cm³/mol. The minimum absolute atomic E-state index is 0.255. The van der Waals surface area contributed by atoms with Gasteiger partial charge in [0.15, 0.2) is 0 Å². The molecular weight excluding hydrogens is 270 g/mol.